The van der Waals surface area contributed by atoms with Gasteiger partial charge in [-0.3, -0.25) is 24.7 Å². The van der Waals surface area contributed by atoms with Crippen molar-refractivity contribution < 1.29 is 28.7 Å². The molecule has 2 aliphatic rings. The lowest BCUT2D eigenvalue weighted by atomic mass is 10.1. The molecule has 0 saturated carbocycles. The predicted octanol–water partition coefficient (Wildman–Crippen LogP) is 5.77. The maximum Gasteiger partial charge on any atom is 0.410 e. The van der Waals surface area contributed by atoms with Gasteiger partial charge < -0.3 is 14.8 Å². The van der Waals surface area contributed by atoms with Gasteiger partial charge in [-0.15, -0.1) is 0 Å². The smallest absolute Gasteiger partial charge is 0.410 e. The number of pyridine rings is 1. The van der Waals surface area contributed by atoms with Crippen molar-refractivity contribution in [2.24, 2.45) is 0 Å². The second kappa shape index (κ2) is 14.3. The molecule has 2 N–H and O–H groups in total. The minimum atomic E-state index is -0.670. The number of benzene rings is 2. The fourth-order valence-corrected chi connectivity index (χ4v) is 5.96. The van der Waals surface area contributed by atoms with Gasteiger partial charge in [0.15, 0.2) is 0 Å². The Morgan fingerprint density at radius 2 is 1.45 bits per heavy atom. The highest BCUT2D eigenvalue weighted by molar-refractivity contribution is 5.97. The van der Waals surface area contributed by atoms with Gasteiger partial charge in [0.2, 0.25) is 17.8 Å². The zero-order valence-electron chi connectivity index (χ0n) is 27.7. The number of carbonyl (C=O) groups is 4. The Balaban J connectivity index is 1.05. The molecule has 13 nitrogen and oxygen atoms in total. The van der Waals surface area contributed by atoms with Crippen molar-refractivity contribution in [3.63, 3.8) is 0 Å². The fourth-order valence-electron chi connectivity index (χ4n) is 5.96. The first-order chi connectivity index (χ1) is 23.5. The van der Waals surface area contributed by atoms with Crippen molar-refractivity contribution in [3.8, 4) is 11.1 Å². The number of likely N-dealkylation sites (tertiary alicyclic amines) is 2. The van der Waals surface area contributed by atoms with Crippen molar-refractivity contribution in [1.29, 1.82) is 0 Å². The molecule has 0 radical (unpaired) electrons. The van der Waals surface area contributed by atoms with E-state index >= 15 is 0 Å². The molecule has 49 heavy (non-hydrogen) atoms. The molecule has 254 valence electrons. The third kappa shape index (κ3) is 8.11. The normalized spacial score (nSPS) is 17.5. The van der Waals surface area contributed by atoms with Crippen molar-refractivity contribution in [2.75, 3.05) is 23.7 Å². The molecule has 2 aromatic heterocycles. The van der Waals surface area contributed by atoms with Crippen LogP contribution in [0.5, 0.6) is 0 Å². The summed E-state index contributed by atoms with van der Waals surface area (Å²) in [5.74, 6) is -0.157. The summed E-state index contributed by atoms with van der Waals surface area (Å²) in [7, 11) is 0. The topological polar surface area (TPSA) is 156 Å². The molecule has 2 aromatic carbocycles. The van der Waals surface area contributed by atoms with Crippen molar-refractivity contribution in [2.45, 2.75) is 70.7 Å². The Morgan fingerprint density at radius 1 is 0.796 bits per heavy atom. The molecule has 0 spiro atoms. The van der Waals surface area contributed by atoms with Crippen LogP contribution in [-0.2, 0) is 25.7 Å². The number of hydrogen-bond donors (Lipinski definition) is 2. The lowest BCUT2D eigenvalue weighted by Crippen LogP contribution is -2.45. The molecular formula is C36H39N7O6. The SMILES string of the molecule is CC(C)(C)OC(=O)N1CCC[C@H]1C(=O)Nc1ccc2cc(-c3cnc(NC(=O)[C@@H]4CCCN4C(=O)OCc4ccccc4)nc3)ccc2n1. The number of aromatic nitrogens is 3. The number of nitrogens with zero attached hydrogens (tertiary/aromatic N) is 5. The zero-order chi connectivity index (χ0) is 34.5. The quantitative estimate of drug-likeness (QED) is 0.250. The third-order valence-electron chi connectivity index (χ3n) is 8.34. The Bertz CT molecular complexity index is 1840. The highest BCUT2D eigenvalue weighted by atomic mass is 16.6. The molecule has 0 aliphatic carbocycles. The summed E-state index contributed by atoms with van der Waals surface area (Å²) < 4.78 is 10.9. The van der Waals surface area contributed by atoms with Crippen LogP contribution in [0.3, 0.4) is 0 Å². The summed E-state index contributed by atoms with van der Waals surface area (Å²) in [6, 6.07) is 17.3. The Morgan fingerprint density at radius 3 is 2.12 bits per heavy atom. The Hall–Kier alpha value is -5.59. The van der Waals surface area contributed by atoms with Gasteiger partial charge >= 0.3 is 12.2 Å². The van der Waals surface area contributed by atoms with Crippen LogP contribution in [0.4, 0.5) is 21.4 Å². The number of carbonyl (C=O) groups excluding carboxylic acids is 4. The van der Waals surface area contributed by atoms with Gasteiger partial charge in [0.25, 0.3) is 0 Å². The minimum Gasteiger partial charge on any atom is -0.445 e. The molecule has 4 aromatic rings. The highest BCUT2D eigenvalue weighted by Crippen LogP contribution is 2.26. The molecule has 0 bridgehead atoms. The summed E-state index contributed by atoms with van der Waals surface area (Å²) >= 11 is 0. The summed E-state index contributed by atoms with van der Waals surface area (Å²) in [5, 5.41) is 6.42. The number of nitrogens with one attached hydrogen (secondary N) is 2. The maximum atomic E-state index is 13.1. The average Bonchev–Trinajstić information content (AvgIpc) is 3.78. The second-order valence-electron chi connectivity index (χ2n) is 13.1. The highest BCUT2D eigenvalue weighted by Gasteiger charge is 2.37. The summed E-state index contributed by atoms with van der Waals surface area (Å²) in [5.41, 5.74) is 2.46. The van der Waals surface area contributed by atoms with E-state index in [9.17, 15) is 19.2 Å². The van der Waals surface area contributed by atoms with Crippen LogP contribution in [0.1, 0.15) is 52.0 Å². The van der Waals surface area contributed by atoms with Crippen LogP contribution in [0.15, 0.2) is 73.1 Å². The van der Waals surface area contributed by atoms with Crippen LogP contribution in [-0.4, -0.2) is 79.5 Å². The van der Waals surface area contributed by atoms with E-state index in [1.165, 1.54) is 9.80 Å². The summed E-state index contributed by atoms with van der Waals surface area (Å²) in [6.45, 7) is 6.41. The lowest BCUT2D eigenvalue weighted by Gasteiger charge is -2.27. The molecular weight excluding hydrogens is 626 g/mol. The molecule has 2 saturated heterocycles. The van der Waals surface area contributed by atoms with Gasteiger partial charge in [-0.05, 0) is 81.8 Å². The van der Waals surface area contributed by atoms with E-state index in [4.69, 9.17) is 9.47 Å². The second-order valence-corrected chi connectivity index (χ2v) is 13.1. The van der Waals surface area contributed by atoms with Crippen LogP contribution >= 0.6 is 0 Å². The van der Waals surface area contributed by atoms with Crippen LogP contribution < -0.4 is 10.6 Å². The van der Waals surface area contributed by atoms with Crippen molar-refractivity contribution >= 4 is 46.7 Å². The van der Waals surface area contributed by atoms with E-state index in [0.717, 1.165) is 22.1 Å². The summed E-state index contributed by atoms with van der Waals surface area (Å²) in [6.07, 6.45) is 4.68. The number of rotatable bonds is 7. The molecule has 4 amide bonds. The predicted molar refractivity (Wildman–Crippen MR) is 182 cm³/mol. The number of ether oxygens (including phenoxy) is 2. The number of fused-ring (bicyclic) bond motifs is 1. The zero-order valence-corrected chi connectivity index (χ0v) is 27.7. The van der Waals surface area contributed by atoms with Crippen LogP contribution in [0, 0.1) is 0 Å². The first-order valence-electron chi connectivity index (χ1n) is 16.4. The average molecular weight is 666 g/mol. The first-order valence-corrected chi connectivity index (χ1v) is 16.4. The van der Waals surface area contributed by atoms with E-state index in [0.29, 0.717) is 50.1 Å². The monoisotopic (exact) mass is 665 g/mol. The van der Waals surface area contributed by atoms with E-state index < -0.39 is 29.9 Å². The minimum absolute atomic E-state index is 0.133. The molecule has 0 unspecified atom stereocenters. The third-order valence-corrected chi connectivity index (χ3v) is 8.34. The molecule has 13 heteroatoms. The molecule has 6 rings (SSSR count). The number of anilines is 2. The lowest BCUT2D eigenvalue weighted by molar-refractivity contribution is -0.120. The number of hydrogen-bond acceptors (Lipinski definition) is 9. The van der Waals surface area contributed by atoms with Gasteiger partial charge in [0.1, 0.15) is 30.1 Å². The Kier molecular flexibility index (Phi) is 9.70. The van der Waals surface area contributed by atoms with Crippen molar-refractivity contribution in [3.05, 3.63) is 78.6 Å². The van der Waals surface area contributed by atoms with Gasteiger partial charge in [0.05, 0.1) is 5.52 Å². The maximum absolute atomic E-state index is 13.1. The summed E-state index contributed by atoms with van der Waals surface area (Å²) in [4.78, 5) is 67.7. The van der Waals surface area contributed by atoms with Crippen molar-refractivity contribution in [1.82, 2.24) is 24.8 Å². The Labute approximate surface area is 284 Å². The van der Waals surface area contributed by atoms with Crippen LogP contribution in [0.25, 0.3) is 22.0 Å². The molecule has 4 heterocycles. The van der Waals surface area contributed by atoms with Gasteiger partial charge in [-0.2, -0.15) is 0 Å². The van der Waals surface area contributed by atoms with Crippen LogP contribution in [0.2, 0.25) is 0 Å². The van der Waals surface area contributed by atoms with E-state index in [-0.39, 0.29) is 24.4 Å². The first kappa shape index (κ1) is 33.3. The van der Waals surface area contributed by atoms with E-state index in [2.05, 4.69) is 25.6 Å². The standard InChI is InChI=1S/C36H39N7O6/c1-36(2,3)49-35(47)43-18-8-11-28(43)31(44)40-30-16-14-25-19-24(13-15-27(25)39-30)26-20-37-33(38-21-26)41-32(45)29-12-7-17-42(29)34(46)48-22-23-9-5-4-6-10-23/h4-6,9-10,13-16,19-21,28-29H,7-8,11-12,17-18,22H2,1-3H3,(H,39,40,44)(H,37,38,41,45)/t28-,29-/m0/s1. The molecule has 2 fully saturated rings. The largest absolute Gasteiger partial charge is 0.445 e. The molecule has 2 aliphatic heterocycles. The van der Waals surface area contributed by atoms with Gasteiger partial charge in [-0.1, -0.05) is 36.4 Å². The van der Waals surface area contributed by atoms with Gasteiger partial charge in [0, 0.05) is 36.4 Å². The van der Waals surface area contributed by atoms with E-state index in [1.54, 1.807) is 39.2 Å². The van der Waals surface area contributed by atoms with E-state index in [1.807, 2.05) is 54.6 Å². The number of amides is 4. The fraction of sp³-hybridized carbons (Fsp3) is 0.361. The molecule has 2 atom stereocenters. The van der Waals surface area contributed by atoms with Gasteiger partial charge in [-0.25, -0.2) is 24.5 Å².